The molecule has 4 aromatic carbocycles. The van der Waals surface area contributed by atoms with Crippen molar-refractivity contribution >= 4 is 28.7 Å². The highest BCUT2D eigenvalue weighted by molar-refractivity contribution is 5.81. The molecular formula is C30H29N4O4+. The highest BCUT2D eigenvalue weighted by Crippen LogP contribution is 2.21. The van der Waals surface area contributed by atoms with Crippen molar-refractivity contribution in [3.05, 3.63) is 122 Å². The maximum atomic E-state index is 11.8. The summed E-state index contributed by atoms with van der Waals surface area (Å²) in [4.78, 5) is 11.8. The molecule has 0 aliphatic carbocycles. The minimum absolute atomic E-state index is 0.108. The molecule has 4 rings (SSSR count). The number of hydrogen-bond acceptors (Lipinski definition) is 7. The molecule has 8 nitrogen and oxygen atoms in total. The van der Waals surface area contributed by atoms with Crippen LogP contribution in [0.1, 0.15) is 0 Å². The largest absolute Gasteiger partial charge is 0.490 e. The lowest BCUT2D eigenvalue weighted by atomic mass is 10.3. The highest BCUT2D eigenvalue weighted by atomic mass is 16.6. The van der Waals surface area contributed by atoms with Crippen LogP contribution < -0.4 is 20.3 Å². The Kier molecular flexibility index (Phi) is 9.60. The molecule has 0 saturated carbocycles. The summed E-state index contributed by atoms with van der Waals surface area (Å²) in [6, 6.07) is 34.1. The van der Waals surface area contributed by atoms with Gasteiger partial charge < -0.3 is 14.2 Å². The van der Waals surface area contributed by atoms with Gasteiger partial charge >= 0.3 is 5.97 Å². The van der Waals surface area contributed by atoms with Gasteiger partial charge in [-0.1, -0.05) is 43.0 Å². The molecule has 0 bridgehead atoms. The number of ether oxygens (including phenoxy) is 3. The zero-order valence-electron chi connectivity index (χ0n) is 20.8. The number of nitrogens with one attached hydrogen (secondary N) is 1. The van der Waals surface area contributed by atoms with Crippen LogP contribution in [0.2, 0.25) is 0 Å². The number of rotatable bonds is 13. The molecule has 38 heavy (non-hydrogen) atoms. The number of carbonyl (C=O) groups excluding carboxylic acids is 1. The van der Waals surface area contributed by atoms with E-state index in [1.54, 1.807) is 24.3 Å². The van der Waals surface area contributed by atoms with Gasteiger partial charge in [0.25, 0.3) is 0 Å². The predicted molar refractivity (Wildman–Crippen MR) is 146 cm³/mol. The van der Waals surface area contributed by atoms with E-state index in [-0.39, 0.29) is 13.2 Å². The van der Waals surface area contributed by atoms with Crippen molar-refractivity contribution in [1.82, 2.24) is 0 Å². The molecule has 192 valence electrons. The number of azo groups is 1. The van der Waals surface area contributed by atoms with E-state index in [4.69, 9.17) is 14.2 Å². The Morgan fingerprint density at radius 3 is 1.87 bits per heavy atom. The van der Waals surface area contributed by atoms with Crippen LogP contribution in [0, 0.1) is 0 Å². The van der Waals surface area contributed by atoms with Gasteiger partial charge in [-0.3, -0.25) is 0 Å². The lowest BCUT2D eigenvalue weighted by molar-refractivity contribution is -0.538. The normalized spacial score (nSPS) is 11.5. The van der Waals surface area contributed by atoms with Crippen LogP contribution in [-0.2, 0) is 9.53 Å². The van der Waals surface area contributed by atoms with E-state index in [0.29, 0.717) is 17.2 Å². The number of para-hydroxylation sites is 1. The van der Waals surface area contributed by atoms with Crippen LogP contribution in [0.15, 0.2) is 132 Å². The van der Waals surface area contributed by atoms with E-state index < -0.39 is 12.1 Å². The molecule has 0 aromatic heterocycles. The molecule has 0 saturated heterocycles. The summed E-state index contributed by atoms with van der Waals surface area (Å²) in [7, 11) is 0. The van der Waals surface area contributed by atoms with E-state index in [1.807, 2.05) is 90.4 Å². The fourth-order valence-corrected chi connectivity index (χ4v) is 3.29. The summed E-state index contributed by atoms with van der Waals surface area (Å²) in [5.74, 6) is 0.708. The Bertz CT molecular complexity index is 1310. The minimum atomic E-state index is -0.635. The second kappa shape index (κ2) is 14.0. The monoisotopic (exact) mass is 509 g/mol. The SMILES string of the molecule is C=CC(=O)OC(COc1ccc(N=Nc2ccccc2)cc1)COc1ccc([NH2+]Nc2ccccc2)cc1. The van der Waals surface area contributed by atoms with Gasteiger partial charge in [-0.25, -0.2) is 15.6 Å². The molecule has 0 fully saturated rings. The van der Waals surface area contributed by atoms with Crippen molar-refractivity contribution in [2.45, 2.75) is 6.10 Å². The molecule has 3 N–H and O–H groups in total. The lowest BCUT2D eigenvalue weighted by Gasteiger charge is -2.18. The van der Waals surface area contributed by atoms with Crippen LogP contribution in [0.3, 0.4) is 0 Å². The van der Waals surface area contributed by atoms with Crippen LogP contribution in [-0.4, -0.2) is 25.3 Å². The fourth-order valence-electron chi connectivity index (χ4n) is 3.29. The van der Waals surface area contributed by atoms with Gasteiger partial charge in [0.15, 0.2) is 11.8 Å². The van der Waals surface area contributed by atoms with Gasteiger partial charge in [0.05, 0.1) is 17.1 Å². The van der Waals surface area contributed by atoms with E-state index in [2.05, 4.69) is 22.2 Å². The van der Waals surface area contributed by atoms with Crippen LogP contribution >= 0.6 is 0 Å². The highest BCUT2D eigenvalue weighted by Gasteiger charge is 2.15. The first kappa shape index (κ1) is 26.1. The number of nitrogen functional groups attached to an aromatic ring is 1. The molecule has 0 heterocycles. The molecule has 1 unspecified atom stereocenters. The number of benzene rings is 4. The van der Waals surface area contributed by atoms with Gasteiger partial charge in [0, 0.05) is 18.2 Å². The standard InChI is InChI=1S/C30H28N4O4/c1-2-30(35)38-29(21-36-27-17-13-25(14-18-27)33-31-23-9-5-3-6-10-23)22-37-28-19-15-26(16-20-28)34-32-24-11-7-4-8-12-24/h2-20,29,31,33H,1,21-22H2/p+1. The van der Waals surface area contributed by atoms with Crippen molar-refractivity contribution in [1.29, 1.82) is 0 Å². The van der Waals surface area contributed by atoms with E-state index in [1.165, 1.54) is 0 Å². The third kappa shape index (κ3) is 8.61. The van der Waals surface area contributed by atoms with Crippen LogP contribution in [0.4, 0.5) is 22.7 Å². The van der Waals surface area contributed by atoms with Crippen molar-refractivity contribution in [2.75, 3.05) is 18.6 Å². The maximum absolute atomic E-state index is 11.8. The molecule has 0 amide bonds. The molecule has 0 aliphatic rings. The Labute approximate surface area is 221 Å². The molecule has 0 spiro atoms. The van der Waals surface area contributed by atoms with Gasteiger partial charge in [-0.15, -0.1) is 0 Å². The van der Waals surface area contributed by atoms with Crippen molar-refractivity contribution in [3.8, 4) is 11.5 Å². The van der Waals surface area contributed by atoms with Gasteiger partial charge in [0.1, 0.15) is 24.7 Å². The average Bonchev–Trinajstić information content (AvgIpc) is 2.98. The second-order valence-electron chi connectivity index (χ2n) is 8.14. The van der Waals surface area contributed by atoms with Crippen molar-refractivity contribution < 1.29 is 24.4 Å². The van der Waals surface area contributed by atoms with Gasteiger partial charge in [-0.2, -0.15) is 10.2 Å². The number of nitrogens with two attached hydrogens (primary N) is 1. The van der Waals surface area contributed by atoms with Crippen molar-refractivity contribution in [2.24, 2.45) is 10.2 Å². The summed E-state index contributed by atoms with van der Waals surface area (Å²) >= 11 is 0. The molecule has 4 aromatic rings. The summed E-state index contributed by atoms with van der Waals surface area (Å²) < 4.78 is 17.1. The van der Waals surface area contributed by atoms with Gasteiger partial charge in [0.2, 0.25) is 0 Å². The van der Waals surface area contributed by atoms with Crippen LogP contribution in [0.25, 0.3) is 0 Å². The average molecular weight is 510 g/mol. The topological polar surface area (TPSA) is 98.1 Å². The number of hydrogen-bond donors (Lipinski definition) is 2. The first-order valence-corrected chi connectivity index (χ1v) is 12.1. The third-order valence-electron chi connectivity index (χ3n) is 5.25. The molecule has 0 aliphatic heterocycles. The minimum Gasteiger partial charge on any atom is -0.490 e. The molecule has 8 heteroatoms. The predicted octanol–water partition coefficient (Wildman–Crippen LogP) is 5.88. The molecule has 1 atom stereocenters. The lowest BCUT2D eigenvalue weighted by Crippen LogP contribution is -2.82. The third-order valence-corrected chi connectivity index (χ3v) is 5.25. The summed E-state index contributed by atoms with van der Waals surface area (Å²) in [5, 5.41) is 8.42. The Balaban J connectivity index is 1.27. The first-order valence-electron chi connectivity index (χ1n) is 12.1. The Morgan fingerprint density at radius 1 is 0.763 bits per heavy atom. The Hall–Kier alpha value is -4.95. The summed E-state index contributed by atoms with van der Waals surface area (Å²) in [5.41, 5.74) is 8.63. The van der Waals surface area contributed by atoms with E-state index in [9.17, 15) is 4.79 Å². The summed E-state index contributed by atoms with van der Waals surface area (Å²) in [6.07, 6.45) is 0.480. The molecular weight excluding hydrogens is 480 g/mol. The summed E-state index contributed by atoms with van der Waals surface area (Å²) in [6.45, 7) is 3.69. The number of nitrogens with zero attached hydrogens (tertiary/aromatic N) is 2. The van der Waals surface area contributed by atoms with E-state index >= 15 is 0 Å². The number of anilines is 1. The smallest absolute Gasteiger partial charge is 0.330 e. The quantitative estimate of drug-likeness (QED) is 0.0586. The zero-order chi connectivity index (χ0) is 26.4. The number of carbonyl (C=O) groups is 1. The Morgan fingerprint density at radius 2 is 1.29 bits per heavy atom. The first-order chi connectivity index (χ1) is 18.7. The number of esters is 1. The fraction of sp³-hybridized carbons (Fsp3) is 0.100. The van der Waals surface area contributed by atoms with Crippen LogP contribution in [0.5, 0.6) is 11.5 Å². The zero-order valence-corrected chi connectivity index (χ0v) is 20.8. The van der Waals surface area contributed by atoms with Gasteiger partial charge in [-0.05, 0) is 60.7 Å². The van der Waals surface area contributed by atoms with E-state index in [0.717, 1.165) is 23.1 Å². The maximum Gasteiger partial charge on any atom is 0.330 e. The second-order valence-corrected chi connectivity index (χ2v) is 8.14. The molecule has 0 radical (unpaired) electrons. The number of quaternary nitrogens is 1. The van der Waals surface area contributed by atoms with Crippen molar-refractivity contribution in [3.63, 3.8) is 0 Å².